The number of methoxy groups -OCH3 is 1. The van der Waals surface area contributed by atoms with Crippen molar-refractivity contribution in [2.75, 3.05) is 13.7 Å². The van der Waals surface area contributed by atoms with E-state index >= 15 is 0 Å². The molecular formula is C22H21NO4S. The molecule has 144 valence electrons. The lowest BCUT2D eigenvalue weighted by molar-refractivity contribution is -0.137. The van der Waals surface area contributed by atoms with Gasteiger partial charge in [-0.25, -0.2) is 9.78 Å². The van der Waals surface area contributed by atoms with E-state index in [-0.39, 0.29) is 5.97 Å². The van der Waals surface area contributed by atoms with Crippen molar-refractivity contribution in [3.8, 4) is 22.1 Å². The van der Waals surface area contributed by atoms with Gasteiger partial charge in [-0.05, 0) is 30.7 Å². The third-order valence-electron chi connectivity index (χ3n) is 3.83. The molecule has 3 aromatic rings. The minimum absolute atomic E-state index is 0.345. The summed E-state index contributed by atoms with van der Waals surface area (Å²) >= 11 is 1.59. The van der Waals surface area contributed by atoms with Crippen LogP contribution in [0.3, 0.4) is 0 Å². The summed E-state index contributed by atoms with van der Waals surface area (Å²) in [7, 11) is 1.58. The molecule has 0 unspecified atom stereocenters. The van der Waals surface area contributed by atoms with Gasteiger partial charge in [0.25, 0.3) is 0 Å². The fraction of sp³-hybridized carbons (Fsp3) is 0.182. The molecule has 1 heterocycles. The Morgan fingerprint density at radius 3 is 2.71 bits per heavy atom. The van der Waals surface area contributed by atoms with Gasteiger partial charge in [-0.15, -0.1) is 11.3 Å². The van der Waals surface area contributed by atoms with Gasteiger partial charge in [0.2, 0.25) is 0 Å². The van der Waals surface area contributed by atoms with Crippen LogP contribution in [0.15, 0.2) is 60.0 Å². The Morgan fingerprint density at radius 1 is 1.14 bits per heavy atom. The molecule has 28 heavy (non-hydrogen) atoms. The van der Waals surface area contributed by atoms with Crippen molar-refractivity contribution in [2.24, 2.45) is 0 Å². The predicted octanol–water partition coefficient (Wildman–Crippen LogP) is 4.97. The molecule has 5 nitrogen and oxygen atoms in total. The van der Waals surface area contributed by atoms with Crippen molar-refractivity contribution in [3.63, 3.8) is 0 Å². The van der Waals surface area contributed by atoms with E-state index < -0.39 is 0 Å². The molecule has 0 spiro atoms. The predicted molar refractivity (Wildman–Crippen MR) is 111 cm³/mol. The topological polar surface area (TPSA) is 57.7 Å². The number of aromatic nitrogens is 1. The largest absolute Gasteiger partial charge is 0.493 e. The molecule has 0 aliphatic carbocycles. The fourth-order valence-corrected chi connectivity index (χ4v) is 3.31. The maximum Gasteiger partial charge on any atom is 0.330 e. The second-order valence-electron chi connectivity index (χ2n) is 5.79. The first kappa shape index (κ1) is 19.6. The van der Waals surface area contributed by atoms with Gasteiger partial charge in [0, 0.05) is 17.0 Å². The maximum absolute atomic E-state index is 11.4. The van der Waals surface area contributed by atoms with Crippen LogP contribution >= 0.6 is 11.3 Å². The number of hydrogen-bond acceptors (Lipinski definition) is 6. The lowest BCUT2D eigenvalue weighted by Gasteiger charge is -2.10. The number of esters is 1. The Labute approximate surface area is 168 Å². The fourth-order valence-electron chi connectivity index (χ4n) is 2.50. The average molecular weight is 395 g/mol. The van der Waals surface area contributed by atoms with Crippen molar-refractivity contribution in [2.45, 2.75) is 13.5 Å². The first-order chi connectivity index (χ1) is 13.7. The number of hydrogen-bond donors (Lipinski definition) is 0. The van der Waals surface area contributed by atoms with Crippen LogP contribution in [-0.4, -0.2) is 24.7 Å². The Kier molecular flexibility index (Phi) is 6.81. The molecule has 0 atom stereocenters. The zero-order valence-electron chi connectivity index (χ0n) is 15.8. The Bertz CT molecular complexity index is 950. The van der Waals surface area contributed by atoms with Crippen molar-refractivity contribution in [1.82, 2.24) is 4.98 Å². The lowest BCUT2D eigenvalue weighted by atomic mass is 10.2. The third kappa shape index (κ3) is 5.20. The van der Waals surface area contributed by atoms with E-state index in [0.29, 0.717) is 24.7 Å². The molecule has 0 amide bonds. The summed E-state index contributed by atoms with van der Waals surface area (Å²) in [5.41, 5.74) is 2.77. The number of benzene rings is 2. The van der Waals surface area contributed by atoms with Crippen LogP contribution in [0.4, 0.5) is 0 Å². The van der Waals surface area contributed by atoms with E-state index in [1.165, 1.54) is 6.08 Å². The minimum atomic E-state index is -0.375. The van der Waals surface area contributed by atoms with Crippen molar-refractivity contribution in [1.29, 1.82) is 0 Å². The van der Waals surface area contributed by atoms with Crippen LogP contribution in [0, 0.1) is 0 Å². The van der Waals surface area contributed by atoms with Gasteiger partial charge in [0.15, 0.2) is 11.5 Å². The van der Waals surface area contributed by atoms with Crippen LogP contribution in [0.25, 0.3) is 16.6 Å². The van der Waals surface area contributed by atoms with Gasteiger partial charge in [-0.3, -0.25) is 0 Å². The van der Waals surface area contributed by atoms with E-state index in [4.69, 9.17) is 14.2 Å². The van der Waals surface area contributed by atoms with E-state index in [1.54, 1.807) is 31.4 Å². The van der Waals surface area contributed by atoms with Gasteiger partial charge in [-0.1, -0.05) is 36.4 Å². The summed E-state index contributed by atoms with van der Waals surface area (Å²) < 4.78 is 16.2. The molecule has 0 bridgehead atoms. The zero-order valence-corrected chi connectivity index (χ0v) is 16.6. The maximum atomic E-state index is 11.4. The van der Waals surface area contributed by atoms with Crippen molar-refractivity contribution < 1.29 is 19.0 Å². The van der Waals surface area contributed by atoms with Crippen LogP contribution < -0.4 is 9.47 Å². The summed E-state index contributed by atoms with van der Waals surface area (Å²) in [4.78, 5) is 16.1. The molecule has 0 fully saturated rings. The van der Waals surface area contributed by atoms with Crippen molar-refractivity contribution in [3.05, 3.63) is 71.2 Å². The molecule has 1 aromatic heterocycles. The molecule has 0 saturated carbocycles. The van der Waals surface area contributed by atoms with Crippen LogP contribution in [0.2, 0.25) is 0 Å². The summed E-state index contributed by atoms with van der Waals surface area (Å²) in [5.74, 6) is 0.828. The number of carbonyl (C=O) groups is 1. The smallest absolute Gasteiger partial charge is 0.330 e. The molecule has 0 radical (unpaired) electrons. The second-order valence-corrected chi connectivity index (χ2v) is 6.65. The Balaban J connectivity index is 1.66. The average Bonchev–Trinajstić information content (AvgIpc) is 3.21. The summed E-state index contributed by atoms with van der Waals surface area (Å²) in [6, 6.07) is 15.5. The Hall–Kier alpha value is -3.12. The zero-order chi connectivity index (χ0) is 19.8. The number of nitrogens with zero attached hydrogens (tertiary/aromatic N) is 1. The first-order valence-corrected chi connectivity index (χ1v) is 9.73. The molecular weight excluding hydrogens is 374 g/mol. The molecule has 0 saturated heterocycles. The molecule has 0 N–H and O–H groups in total. The van der Waals surface area contributed by atoms with Gasteiger partial charge in [0.1, 0.15) is 11.6 Å². The monoisotopic (exact) mass is 395 g/mol. The molecule has 2 aromatic carbocycles. The number of carbonyl (C=O) groups excluding carboxylic acids is 1. The highest BCUT2D eigenvalue weighted by Crippen LogP contribution is 2.30. The SMILES string of the molecule is CCOC(=O)C=Cc1ccc(OCc2csc(-c3ccccc3)n2)c(OC)c1. The van der Waals surface area contributed by atoms with Crippen molar-refractivity contribution >= 4 is 23.4 Å². The van der Waals surface area contributed by atoms with Gasteiger partial charge < -0.3 is 14.2 Å². The van der Waals surface area contributed by atoms with Crippen LogP contribution in [-0.2, 0) is 16.1 Å². The van der Waals surface area contributed by atoms with Gasteiger partial charge >= 0.3 is 5.97 Å². The normalized spacial score (nSPS) is 10.8. The first-order valence-electron chi connectivity index (χ1n) is 8.85. The minimum Gasteiger partial charge on any atom is -0.493 e. The Morgan fingerprint density at radius 2 is 1.96 bits per heavy atom. The summed E-state index contributed by atoms with van der Waals surface area (Å²) in [6.07, 6.45) is 3.07. The number of ether oxygens (including phenoxy) is 3. The van der Waals surface area contributed by atoms with Crippen LogP contribution in [0.5, 0.6) is 11.5 Å². The molecule has 3 rings (SSSR count). The lowest BCUT2D eigenvalue weighted by Crippen LogP contribution is -1.99. The third-order valence-corrected chi connectivity index (χ3v) is 4.77. The van der Waals surface area contributed by atoms with E-state index in [9.17, 15) is 4.79 Å². The van der Waals surface area contributed by atoms with E-state index in [2.05, 4.69) is 4.98 Å². The highest BCUT2D eigenvalue weighted by Gasteiger charge is 2.09. The van der Waals surface area contributed by atoms with Gasteiger partial charge in [-0.2, -0.15) is 0 Å². The standard InChI is InChI=1S/C22H21NO4S/c1-3-26-21(24)12-10-16-9-11-19(20(13-16)25-2)27-14-18-15-28-22(23-18)17-7-5-4-6-8-17/h4-13,15H,3,14H2,1-2H3. The van der Waals surface area contributed by atoms with E-state index in [0.717, 1.165) is 21.8 Å². The number of thiazole rings is 1. The molecule has 0 aliphatic heterocycles. The quantitative estimate of drug-likeness (QED) is 0.398. The highest BCUT2D eigenvalue weighted by molar-refractivity contribution is 7.13. The molecule has 0 aliphatic rings. The summed E-state index contributed by atoms with van der Waals surface area (Å²) in [6.45, 7) is 2.46. The highest BCUT2D eigenvalue weighted by atomic mass is 32.1. The number of rotatable bonds is 8. The molecule has 6 heteroatoms. The van der Waals surface area contributed by atoms with Gasteiger partial charge in [0.05, 0.1) is 19.4 Å². The van der Waals surface area contributed by atoms with Crippen LogP contribution in [0.1, 0.15) is 18.2 Å². The second kappa shape index (κ2) is 9.71. The summed E-state index contributed by atoms with van der Waals surface area (Å²) in [5, 5.41) is 2.95. The van der Waals surface area contributed by atoms with E-state index in [1.807, 2.05) is 53.9 Å².